The third-order valence-corrected chi connectivity index (χ3v) is 7.44. The standard InChI is InChI=1S/C25H32BrF2N3O4S/c1-5-17(2)29-25(33)18(3)30(16-19-8-6-9-20(26)14-19)24(32)10-7-13-31(36(4,34)35)21-11-12-22(27)23(28)15-21/h6,8-9,11-12,14-15,17-18H,5,7,10,13,16H2,1-4H3,(H,29,33)/t17-,18-/m0/s1. The Morgan fingerprint density at radius 2 is 1.78 bits per heavy atom. The van der Waals surface area contributed by atoms with E-state index in [1.807, 2.05) is 38.1 Å². The Kier molecular flexibility index (Phi) is 10.8. The molecule has 2 amide bonds. The Bertz CT molecular complexity index is 1180. The molecule has 2 atom stereocenters. The molecule has 0 aliphatic rings. The van der Waals surface area contributed by atoms with Crippen LogP contribution < -0.4 is 9.62 Å². The molecule has 2 aromatic carbocycles. The number of carbonyl (C=O) groups excluding carboxylic acids is 2. The van der Waals surface area contributed by atoms with Crippen LogP contribution in [-0.2, 0) is 26.2 Å². The Morgan fingerprint density at radius 1 is 1.08 bits per heavy atom. The summed E-state index contributed by atoms with van der Waals surface area (Å²) in [5, 5.41) is 2.89. The van der Waals surface area contributed by atoms with Crippen LogP contribution in [-0.4, -0.2) is 50.0 Å². The van der Waals surface area contributed by atoms with Gasteiger partial charge in [-0.3, -0.25) is 13.9 Å². The van der Waals surface area contributed by atoms with Crippen LogP contribution in [0.15, 0.2) is 46.9 Å². The first kappa shape index (κ1) is 29.7. The Balaban J connectivity index is 2.19. The third kappa shape index (κ3) is 8.55. The van der Waals surface area contributed by atoms with Crippen molar-refractivity contribution in [1.29, 1.82) is 0 Å². The number of nitrogens with zero attached hydrogens (tertiary/aromatic N) is 2. The molecule has 2 aromatic rings. The topological polar surface area (TPSA) is 86.8 Å². The normalized spacial score (nSPS) is 13.1. The highest BCUT2D eigenvalue weighted by atomic mass is 79.9. The van der Waals surface area contributed by atoms with Gasteiger partial charge in [0.2, 0.25) is 21.8 Å². The van der Waals surface area contributed by atoms with E-state index in [-0.39, 0.29) is 49.5 Å². The summed E-state index contributed by atoms with van der Waals surface area (Å²) in [5.41, 5.74) is 0.789. The van der Waals surface area contributed by atoms with Gasteiger partial charge in [0.15, 0.2) is 11.6 Å². The van der Waals surface area contributed by atoms with Crippen LogP contribution in [0.4, 0.5) is 14.5 Å². The van der Waals surface area contributed by atoms with Crippen LogP contribution in [0.25, 0.3) is 0 Å². The van der Waals surface area contributed by atoms with Gasteiger partial charge in [0.05, 0.1) is 11.9 Å². The molecule has 36 heavy (non-hydrogen) atoms. The van der Waals surface area contributed by atoms with Gasteiger partial charge in [-0.25, -0.2) is 17.2 Å². The van der Waals surface area contributed by atoms with Gasteiger partial charge in [0.1, 0.15) is 6.04 Å². The minimum absolute atomic E-state index is 0.0314. The highest BCUT2D eigenvalue weighted by Crippen LogP contribution is 2.22. The summed E-state index contributed by atoms with van der Waals surface area (Å²) in [4.78, 5) is 27.5. The number of hydrogen-bond donors (Lipinski definition) is 1. The number of carbonyl (C=O) groups is 2. The average Bonchev–Trinajstić information content (AvgIpc) is 2.80. The predicted octanol–water partition coefficient (Wildman–Crippen LogP) is 4.61. The molecule has 0 fully saturated rings. The van der Waals surface area contributed by atoms with E-state index >= 15 is 0 Å². The number of benzene rings is 2. The second-order valence-corrected chi connectivity index (χ2v) is 11.5. The second kappa shape index (κ2) is 13.1. The van der Waals surface area contributed by atoms with Crippen molar-refractivity contribution < 1.29 is 26.8 Å². The minimum atomic E-state index is -3.82. The van der Waals surface area contributed by atoms with Crippen LogP contribution in [0.2, 0.25) is 0 Å². The minimum Gasteiger partial charge on any atom is -0.352 e. The molecule has 1 N–H and O–H groups in total. The van der Waals surface area contributed by atoms with E-state index in [1.165, 1.54) is 11.0 Å². The van der Waals surface area contributed by atoms with E-state index < -0.39 is 27.7 Å². The largest absolute Gasteiger partial charge is 0.352 e. The lowest BCUT2D eigenvalue weighted by molar-refractivity contribution is -0.140. The van der Waals surface area contributed by atoms with Gasteiger partial charge in [0.25, 0.3) is 0 Å². The number of anilines is 1. The van der Waals surface area contributed by atoms with Gasteiger partial charge in [-0.15, -0.1) is 0 Å². The zero-order valence-corrected chi connectivity index (χ0v) is 23.2. The molecule has 7 nitrogen and oxygen atoms in total. The molecule has 0 aliphatic heterocycles. The lowest BCUT2D eigenvalue weighted by Gasteiger charge is -2.30. The fourth-order valence-corrected chi connectivity index (χ4v) is 4.93. The second-order valence-electron chi connectivity index (χ2n) is 8.68. The van der Waals surface area contributed by atoms with E-state index in [0.717, 1.165) is 39.2 Å². The van der Waals surface area contributed by atoms with Gasteiger partial charge < -0.3 is 10.2 Å². The molecular weight excluding hydrogens is 556 g/mol. The lowest BCUT2D eigenvalue weighted by Crippen LogP contribution is -2.49. The summed E-state index contributed by atoms with van der Waals surface area (Å²) >= 11 is 3.41. The van der Waals surface area contributed by atoms with Gasteiger partial charge in [0, 0.05) is 36.1 Å². The highest BCUT2D eigenvalue weighted by Gasteiger charge is 2.27. The van der Waals surface area contributed by atoms with E-state index in [1.54, 1.807) is 6.92 Å². The first-order valence-electron chi connectivity index (χ1n) is 11.6. The Hall–Kier alpha value is -2.53. The number of amides is 2. The summed E-state index contributed by atoms with van der Waals surface area (Å²) in [5.74, 6) is -2.87. The van der Waals surface area contributed by atoms with E-state index in [9.17, 15) is 26.8 Å². The van der Waals surface area contributed by atoms with Gasteiger partial charge >= 0.3 is 0 Å². The quantitative estimate of drug-likeness (QED) is 0.393. The molecule has 0 unspecified atom stereocenters. The van der Waals surface area contributed by atoms with Crippen LogP contribution >= 0.6 is 15.9 Å². The maximum atomic E-state index is 13.7. The first-order valence-corrected chi connectivity index (χ1v) is 14.2. The summed E-state index contributed by atoms with van der Waals surface area (Å²) in [7, 11) is -3.82. The molecule has 0 bridgehead atoms. The van der Waals surface area contributed by atoms with Crippen molar-refractivity contribution in [3.8, 4) is 0 Å². The van der Waals surface area contributed by atoms with Crippen molar-refractivity contribution in [3.05, 3.63) is 64.1 Å². The Morgan fingerprint density at radius 3 is 2.36 bits per heavy atom. The molecule has 198 valence electrons. The van der Waals surface area contributed by atoms with Gasteiger partial charge in [-0.2, -0.15) is 0 Å². The average molecular weight is 589 g/mol. The lowest BCUT2D eigenvalue weighted by atomic mass is 10.1. The van der Waals surface area contributed by atoms with Gasteiger partial charge in [-0.05, 0) is 56.5 Å². The van der Waals surface area contributed by atoms with Crippen LogP contribution in [0.5, 0.6) is 0 Å². The monoisotopic (exact) mass is 587 g/mol. The molecule has 0 saturated carbocycles. The molecule has 0 saturated heterocycles. The fourth-order valence-electron chi connectivity index (χ4n) is 3.52. The number of halogens is 3. The van der Waals surface area contributed by atoms with Crippen molar-refractivity contribution in [2.45, 2.75) is 58.7 Å². The predicted molar refractivity (Wildman–Crippen MR) is 140 cm³/mol. The van der Waals surface area contributed by atoms with Crippen molar-refractivity contribution in [3.63, 3.8) is 0 Å². The SMILES string of the molecule is CC[C@H](C)NC(=O)[C@H](C)N(Cc1cccc(Br)c1)C(=O)CCCN(c1ccc(F)c(F)c1)S(C)(=O)=O. The molecular formula is C25H32BrF2N3O4S. The van der Waals surface area contributed by atoms with E-state index in [4.69, 9.17) is 0 Å². The summed E-state index contributed by atoms with van der Waals surface area (Å²) in [6, 6.07) is 9.40. The number of rotatable bonds is 12. The molecule has 0 radical (unpaired) electrons. The molecule has 0 aromatic heterocycles. The first-order chi connectivity index (χ1) is 16.8. The highest BCUT2D eigenvalue weighted by molar-refractivity contribution is 9.10. The number of hydrogen-bond acceptors (Lipinski definition) is 4. The summed E-state index contributed by atoms with van der Waals surface area (Å²) < 4.78 is 53.4. The Labute approximate surface area is 220 Å². The van der Waals surface area contributed by atoms with Crippen LogP contribution in [0.3, 0.4) is 0 Å². The van der Waals surface area contributed by atoms with E-state index in [0.29, 0.717) is 0 Å². The van der Waals surface area contributed by atoms with Crippen molar-refractivity contribution in [2.75, 3.05) is 17.1 Å². The zero-order chi connectivity index (χ0) is 27.0. The number of nitrogens with one attached hydrogen (secondary N) is 1. The molecule has 2 rings (SSSR count). The summed E-state index contributed by atoms with van der Waals surface area (Å²) in [6.45, 7) is 5.54. The molecule has 0 heterocycles. The smallest absolute Gasteiger partial charge is 0.242 e. The van der Waals surface area contributed by atoms with Crippen molar-refractivity contribution >= 4 is 43.5 Å². The third-order valence-electron chi connectivity index (χ3n) is 5.75. The maximum absolute atomic E-state index is 13.7. The zero-order valence-electron chi connectivity index (χ0n) is 20.8. The van der Waals surface area contributed by atoms with Crippen molar-refractivity contribution in [1.82, 2.24) is 10.2 Å². The summed E-state index contributed by atoms with van der Waals surface area (Å²) in [6.07, 6.45) is 1.75. The molecule has 0 spiro atoms. The fraction of sp³-hybridized carbons (Fsp3) is 0.440. The van der Waals surface area contributed by atoms with Crippen molar-refractivity contribution in [2.24, 2.45) is 0 Å². The molecule has 11 heteroatoms. The van der Waals surface area contributed by atoms with Crippen LogP contribution in [0, 0.1) is 11.6 Å². The van der Waals surface area contributed by atoms with Crippen LogP contribution in [0.1, 0.15) is 45.6 Å². The number of sulfonamides is 1. The maximum Gasteiger partial charge on any atom is 0.242 e. The van der Waals surface area contributed by atoms with E-state index in [2.05, 4.69) is 21.2 Å². The molecule has 0 aliphatic carbocycles. The van der Waals surface area contributed by atoms with Gasteiger partial charge in [-0.1, -0.05) is 35.0 Å².